The molecule has 0 bridgehead atoms. The Balaban J connectivity index is 1.68. The van der Waals surface area contributed by atoms with Crippen LogP contribution in [0.1, 0.15) is 51.3 Å². The van der Waals surface area contributed by atoms with Crippen molar-refractivity contribution < 1.29 is 0 Å². The van der Waals surface area contributed by atoms with Crippen LogP contribution < -0.4 is 5.32 Å². The Morgan fingerprint density at radius 3 is 2.72 bits per heavy atom. The zero-order valence-electron chi connectivity index (χ0n) is 16.2. The molecular weight excluding hydrogens is 314 g/mol. The van der Waals surface area contributed by atoms with Crippen LogP contribution in [-0.2, 0) is 13.6 Å². The molecule has 0 amide bonds. The van der Waals surface area contributed by atoms with Crippen molar-refractivity contribution in [3.05, 3.63) is 12.2 Å². The molecule has 1 aliphatic rings. The standard InChI is InChI=1S/C18H35N7/c1-4-19-18(23(2)15-17-21-16-22-24(17)3)20-11-7-5-8-12-25-13-9-6-10-14-25/h16H,4-15H2,1-3H3,(H,19,20). The molecule has 0 radical (unpaired) electrons. The van der Waals surface area contributed by atoms with Gasteiger partial charge in [0.1, 0.15) is 12.2 Å². The Bertz CT molecular complexity index is 505. The SMILES string of the molecule is CCNC(=NCCCCCN1CCCCC1)N(C)Cc1ncnn1C. The monoisotopic (exact) mass is 349 g/mol. The van der Waals surface area contributed by atoms with Crippen molar-refractivity contribution in [2.24, 2.45) is 12.0 Å². The van der Waals surface area contributed by atoms with E-state index in [1.807, 2.05) is 14.1 Å². The van der Waals surface area contributed by atoms with Crippen LogP contribution >= 0.6 is 0 Å². The van der Waals surface area contributed by atoms with E-state index in [1.165, 1.54) is 51.7 Å². The van der Waals surface area contributed by atoms with Gasteiger partial charge in [-0.2, -0.15) is 5.10 Å². The predicted molar refractivity (Wildman–Crippen MR) is 103 cm³/mol. The lowest BCUT2D eigenvalue weighted by Gasteiger charge is -2.26. The van der Waals surface area contributed by atoms with Crippen molar-refractivity contribution in [2.75, 3.05) is 39.8 Å². The molecule has 2 heterocycles. The number of likely N-dealkylation sites (tertiary alicyclic amines) is 1. The molecule has 0 aliphatic carbocycles. The van der Waals surface area contributed by atoms with Crippen molar-refractivity contribution in [3.8, 4) is 0 Å². The molecule has 7 nitrogen and oxygen atoms in total. The number of aryl methyl sites for hydroxylation is 1. The maximum Gasteiger partial charge on any atom is 0.194 e. The minimum Gasteiger partial charge on any atom is -0.357 e. The Morgan fingerprint density at radius 1 is 1.24 bits per heavy atom. The summed E-state index contributed by atoms with van der Waals surface area (Å²) < 4.78 is 1.81. The van der Waals surface area contributed by atoms with Gasteiger partial charge in [-0.15, -0.1) is 0 Å². The summed E-state index contributed by atoms with van der Waals surface area (Å²) in [6.45, 7) is 8.42. The molecule has 0 unspecified atom stereocenters. The number of guanidine groups is 1. The molecule has 1 aromatic rings. The Kier molecular flexibility index (Phi) is 8.72. The third kappa shape index (κ3) is 7.02. The molecule has 0 aromatic carbocycles. The zero-order valence-corrected chi connectivity index (χ0v) is 16.2. The van der Waals surface area contributed by atoms with Gasteiger partial charge in [0.25, 0.3) is 0 Å². The average Bonchev–Trinajstić information content (AvgIpc) is 3.02. The van der Waals surface area contributed by atoms with Crippen LogP contribution in [0.5, 0.6) is 0 Å². The molecule has 142 valence electrons. The summed E-state index contributed by atoms with van der Waals surface area (Å²) in [5, 5.41) is 7.49. The molecule has 25 heavy (non-hydrogen) atoms. The highest BCUT2D eigenvalue weighted by Gasteiger charge is 2.10. The second-order valence-electron chi connectivity index (χ2n) is 6.85. The van der Waals surface area contributed by atoms with Gasteiger partial charge >= 0.3 is 0 Å². The van der Waals surface area contributed by atoms with Gasteiger partial charge in [0, 0.05) is 27.2 Å². The van der Waals surface area contributed by atoms with E-state index in [2.05, 4.69) is 32.1 Å². The largest absolute Gasteiger partial charge is 0.357 e. The Hall–Kier alpha value is -1.63. The predicted octanol–water partition coefficient (Wildman–Crippen LogP) is 1.87. The Morgan fingerprint density at radius 2 is 2.04 bits per heavy atom. The molecule has 1 aliphatic heterocycles. The van der Waals surface area contributed by atoms with Crippen molar-refractivity contribution in [3.63, 3.8) is 0 Å². The van der Waals surface area contributed by atoms with Gasteiger partial charge < -0.3 is 15.1 Å². The smallest absolute Gasteiger partial charge is 0.194 e. The highest BCUT2D eigenvalue weighted by Crippen LogP contribution is 2.10. The van der Waals surface area contributed by atoms with E-state index in [9.17, 15) is 0 Å². The molecule has 2 rings (SSSR count). The summed E-state index contributed by atoms with van der Waals surface area (Å²) in [6, 6.07) is 0. The number of hydrogen-bond donors (Lipinski definition) is 1. The van der Waals surface area contributed by atoms with Gasteiger partial charge in [0.2, 0.25) is 0 Å². The second kappa shape index (κ2) is 11.1. The molecule has 1 aromatic heterocycles. The molecule has 0 spiro atoms. The second-order valence-corrected chi connectivity index (χ2v) is 6.85. The van der Waals surface area contributed by atoms with Crippen LogP contribution in [0, 0.1) is 0 Å². The summed E-state index contributed by atoms with van der Waals surface area (Å²) in [4.78, 5) is 13.8. The van der Waals surface area contributed by atoms with E-state index in [1.54, 1.807) is 11.0 Å². The van der Waals surface area contributed by atoms with Gasteiger partial charge in [-0.25, -0.2) is 4.98 Å². The summed E-state index contributed by atoms with van der Waals surface area (Å²) >= 11 is 0. The first kappa shape index (κ1) is 19.7. The van der Waals surface area contributed by atoms with Crippen molar-refractivity contribution in [2.45, 2.75) is 52.0 Å². The third-order valence-electron chi connectivity index (χ3n) is 4.72. The molecule has 0 saturated carbocycles. The fourth-order valence-electron chi connectivity index (χ4n) is 3.21. The number of nitrogens with one attached hydrogen (secondary N) is 1. The van der Waals surface area contributed by atoms with Crippen LogP contribution in [0.25, 0.3) is 0 Å². The fourth-order valence-corrected chi connectivity index (χ4v) is 3.21. The van der Waals surface area contributed by atoms with Gasteiger partial charge in [-0.1, -0.05) is 12.8 Å². The van der Waals surface area contributed by atoms with Crippen molar-refractivity contribution in [1.82, 2.24) is 29.9 Å². The van der Waals surface area contributed by atoms with Crippen LogP contribution in [0.2, 0.25) is 0 Å². The van der Waals surface area contributed by atoms with Gasteiger partial charge in [0.05, 0.1) is 6.54 Å². The number of nitrogens with zero attached hydrogens (tertiary/aromatic N) is 6. The number of hydrogen-bond acceptors (Lipinski definition) is 4. The van der Waals surface area contributed by atoms with Gasteiger partial charge in [-0.3, -0.25) is 9.67 Å². The number of unbranched alkanes of at least 4 members (excludes halogenated alkanes) is 2. The first-order valence-electron chi connectivity index (χ1n) is 9.75. The van der Waals surface area contributed by atoms with E-state index < -0.39 is 0 Å². The van der Waals surface area contributed by atoms with Crippen LogP contribution in [-0.4, -0.2) is 70.3 Å². The highest BCUT2D eigenvalue weighted by molar-refractivity contribution is 5.79. The lowest BCUT2D eigenvalue weighted by molar-refractivity contribution is 0.224. The van der Waals surface area contributed by atoms with Crippen LogP contribution in [0.4, 0.5) is 0 Å². The quantitative estimate of drug-likeness (QED) is 0.419. The number of rotatable bonds is 9. The zero-order chi connectivity index (χ0) is 17.9. The summed E-state index contributed by atoms with van der Waals surface area (Å²) in [5.74, 6) is 1.89. The van der Waals surface area contributed by atoms with E-state index >= 15 is 0 Å². The summed E-state index contributed by atoms with van der Waals surface area (Å²) in [5.41, 5.74) is 0. The van der Waals surface area contributed by atoms with Gasteiger partial charge in [-0.05, 0) is 52.2 Å². The van der Waals surface area contributed by atoms with Crippen molar-refractivity contribution >= 4 is 5.96 Å². The summed E-state index contributed by atoms with van der Waals surface area (Å²) in [7, 11) is 3.97. The van der Waals surface area contributed by atoms with E-state index in [-0.39, 0.29) is 0 Å². The first-order valence-corrected chi connectivity index (χ1v) is 9.75. The molecule has 1 N–H and O–H groups in total. The molecule has 1 fully saturated rings. The first-order chi connectivity index (χ1) is 12.2. The maximum absolute atomic E-state index is 4.77. The number of piperidine rings is 1. The van der Waals surface area contributed by atoms with E-state index in [0.29, 0.717) is 6.54 Å². The minimum atomic E-state index is 0.706. The summed E-state index contributed by atoms with van der Waals surface area (Å²) in [6.07, 6.45) is 9.48. The number of aliphatic imine (C=N–C) groups is 1. The highest BCUT2D eigenvalue weighted by atomic mass is 15.4. The van der Waals surface area contributed by atoms with E-state index in [4.69, 9.17) is 4.99 Å². The molecular formula is C18H35N7. The Labute approximate surface area is 152 Å². The normalized spacial score (nSPS) is 16.2. The molecule has 0 atom stereocenters. The topological polar surface area (TPSA) is 61.6 Å². The maximum atomic E-state index is 4.77. The van der Waals surface area contributed by atoms with Crippen LogP contribution in [0.3, 0.4) is 0 Å². The van der Waals surface area contributed by atoms with Crippen molar-refractivity contribution in [1.29, 1.82) is 0 Å². The minimum absolute atomic E-state index is 0.706. The lowest BCUT2D eigenvalue weighted by atomic mass is 10.1. The fraction of sp³-hybridized carbons (Fsp3) is 0.833. The van der Waals surface area contributed by atoms with Gasteiger partial charge in [0.15, 0.2) is 5.96 Å². The van der Waals surface area contributed by atoms with Crippen LogP contribution in [0.15, 0.2) is 11.3 Å². The molecule has 1 saturated heterocycles. The third-order valence-corrected chi connectivity index (χ3v) is 4.72. The van der Waals surface area contributed by atoms with E-state index in [0.717, 1.165) is 31.3 Å². The molecule has 7 heteroatoms. The number of aromatic nitrogens is 3. The average molecular weight is 350 g/mol. The lowest BCUT2D eigenvalue weighted by Crippen LogP contribution is -2.39.